The predicted octanol–water partition coefficient (Wildman–Crippen LogP) is 2.81. The summed E-state index contributed by atoms with van der Waals surface area (Å²) in [7, 11) is -2.19. The Labute approximate surface area is 177 Å². The molecule has 0 aromatic heterocycles. The van der Waals surface area contributed by atoms with Crippen LogP contribution in [-0.2, 0) is 19.5 Å². The number of sulfonamides is 1. The maximum atomic E-state index is 13.4. The molecule has 0 spiro atoms. The Hall–Kier alpha value is -0.700. The van der Waals surface area contributed by atoms with Crippen LogP contribution in [-0.4, -0.2) is 69.7 Å². The third kappa shape index (κ3) is 5.65. The molecular weight excluding hydrogens is 502 g/mol. The van der Waals surface area contributed by atoms with E-state index in [2.05, 4.69) is 38.1 Å². The molecule has 0 saturated carbocycles. The lowest BCUT2D eigenvalue weighted by Crippen LogP contribution is -2.43. The first-order valence-electron chi connectivity index (χ1n) is 8.51. The highest BCUT2D eigenvalue weighted by molar-refractivity contribution is 9.11. The van der Waals surface area contributed by atoms with E-state index in [0.29, 0.717) is 35.1 Å². The molecule has 10 heteroatoms. The van der Waals surface area contributed by atoms with Crippen LogP contribution < -0.4 is 0 Å². The minimum atomic E-state index is -3.78. The van der Waals surface area contributed by atoms with Crippen LogP contribution in [0.4, 0.5) is 0 Å². The van der Waals surface area contributed by atoms with Gasteiger partial charge >= 0.3 is 0 Å². The second kappa shape index (κ2) is 10.2. The van der Waals surface area contributed by atoms with Crippen LogP contribution in [0.1, 0.15) is 13.3 Å². The van der Waals surface area contributed by atoms with E-state index < -0.39 is 10.0 Å². The Balaban J connectivity index is 2.28. The van der Waals surface area contributed by atoms with E-state index in [1.165, 1.54) is 4.31 Å². The van der Waals surface area contributed by atoms with Crippen LogP contribution in [0.5, 0.6) is 0 Å². The molecule has 150 valence electrons. The Morgan fingerprint density at radius 1 is 1.33 bits per heavy atom. The number of ether oxygens (including phenoxy) is 2. The molecule has 2 atom stereocenters. The quantitative estimate of drug-likeness (QED) is 0.365. The summed E-state index contributed by atoms with van der Waals surface area (Å²) in [5.74, 6) is 0. The molecule has 1 unspecified atom stereocenters. The van der Waals surface area contributed by atoms with Crippen molar-refractivity contribution in [3.05, 3.63) is 27.1 Å². The van der Waals surface area contributed by atoms with Gasteiger partial charge in [-0.2, -0.15) is 9.57 Å². The minimum Gasteiger partial charge on any atom is -0.382 e. The predicted molar refractivity (Wildman–Crippen MR) is 109 cm³/mol. The zero-order valence-electron chi connectivity index (χ0n) is 15.3. The molecule has 1 saturated heterocycles. The molecule has 1 heterocycles. The van der Waals surface area contributed by atoms with E-state index in [9.17, 15) is 13.7 Å². The van der Waals surface area contributed by atoms with Gasteiger partial charge in [0.05, 0.1) is 24.7 Å². The number of hydrogen-bond donors (Lipinski definition) is 0. The van der Waals surface area contributed by atoms with E-state index in [1.54, 1.807) is 30.2 Å². The lowest BCUT2D eigenvalue weighted by Gasteiger charge is -2.28. The van der Waals surface area contributed by atoms with Crippen LogP contribution >= 0.6 is 31.9 Å². The number of benzene rings is 1. The third-order valence-electron chi connectivity index (χ3n) is 4.46. The Morgan fingerprint density at radius 2 is 2.07 bits per heavy atom. The molecule has 27 heavy (non-hydrogen) atoms. The molecule has 0 radical (unpaired) electrons. The van der Waals surface area contributed by atoms with Gasteiger partial charge in [-0.1, -0.05) is 15.9 Å². The van der Waals surface area contributed by atoms with Gasteiger partial charge in [-0.3, -0.25) is 0 Å². The van der Waals surface area contributed by atoms with Crippen molar-refractivity contribution in [1.29, 1.82) is 5.26 Å². The van der Waals surface area contributed by atoms with Crippen molar-refractivity contribution in [3.8, 4) is 6.19 Å². The fraction of sp³-hybridized carbons (Fsp3) is 0.588. The lowest BCUT2D eigenvalue weighted by molar-refractivity contribution is 0.0630. The number of nitriles is 1. The van der Waals surface area contributed by atoms with Crippen LogP contribution in [0.3, 0.4) is 0 Å². The maximum Gasteiger partial charge on any atom is 0.244 e. The fourth-order valence-corrected chi connectivity index (χ4v) is 6.13. The first-order chi connectivity index (χ1) is 12.8. The van der Waals surface area contributed by atoms with Crippen molar-refractivity contribution < 1.29 is 17.9 Å². The molecule has 2 rings (SSSR count). The van der Waals surface area contributed by atoms with Crippen LogP contribution in [0.25, 0.3) is 0 Å². The minimum absolute atomic E-state index is 0.00180. The highest BCUT2D eigenvalue weighted by Gasteiger charge is 2.39. The number of likely N-dealkylation sites (tertiary alicyclic amines) is 1. The van der Waals surface area contributed by atoms with Gasteiger partial charge in [0.2, 0.25) is 10.0 Å². The second-order valence-corrected chi connectivity index (χ2v) is 9.92. The number of methoxy groups -OCH3 is 1. The number of hydrogen-bond acceptors (Lipinski definition) is 6. The smallest absolute Gasteiger partial charge is 0.244 e. The Bertz CT molecular complexity index is 785. The van der Waals surface area contributed by atoms with Crippen molar-refractivity contribution in [2.24, 2.45) is 0 Å². The van der Waals surface area contributed by atoms with Crippen LogP contribution in [0, 0.1) is 11.5 Å². The van der Waals surface area contributed by atoms with E-state index in [0.717, 1.165) is 0 Å². The monoisotopic (exact) mass is 523 g/mol. The third-order valence-corrected chi connectivity index (χ3v) is 7.90. The average Bonchev–Trinajstić information content (AvgIpc) is 3.00. The average molecular weight is 525 g/mol. The zero-order chi connectivity index (χ0) is 20.0. The molecule has 0 aliphatic carbocycles. The van der Waals surface area contributed by atoms with Gasteiger partial charge in [-0.15, -0.1) is 0 Å². The summed E-state index contributed by atoms with van der Waals surface area (Å²) < 4.78 is 39.9. The summed E-state index contributed by atoms with van der Waals surface area (Å²) in [6, 6.07) is 4.76. The van der Waals surface area contributed by atoms with E-state index in [-0.39, 0.29) is 30.1 Å². The van der Waals surface area contributed by atoms with Crippen molar-refractivity contribution in [2.45, 2.75) is 30.3 Å². The highest BCUT2D eigenvalue weighted by Crippen LogP contribution is 2.32. The molecule has 1 aliphatic heterocycles. The van der Waals surface area contributed by atoms with Crippen molar-refractivity contribution in [3.63, 3.8) is 0 Å². The molecule has 1 aromatic rings. The van der Waals surface area contributed by atoms with Crippen LogP contribution in [0.15, 0.2) is 32.0 Å². The number of halogens is 2. The summed E-state index contributed by atoms with van der Waals surface area (Å²) in [5.41, 5.74) is 0. The van der Waals surface area contributed by atoms with Crippen molar-refractivity contribution in [1.82, 2.24) is 9.21 Å². The van der Waals surface area contributed by atoms with Gasteiger partial charge in [-0.05, 0) is 47.5 Å². The first-order valence-corrected chi connectivity index (χ1v) is 11.5. The summed E-state index contributed by atoms with van der Waals surface area (Å²) in [6.07, 6.45) is 2.74. The van der Waals surface area contributed by atoms with Gasteiger partial charge in [-0.25, -0.2) is 8.42 Å². The largest absolute Gasteiger partial charge is 0.382 e. The van der Waals surface area contributed by atoms with Crippen molar-refractivity contribution >= 4 is 41.9 Å². The van der Waals surface area contributed by atoms with E-state index >= 15 is 0 Å². The molecule has 0 bridgehead atoms. The van der Waals surface area contributed by atoms with Gasteiger partial charge in [0, 0.05) is 41.2 Å². The topological polar surface area (TPSA) is 82.9 Å². The summed E-state index contributed by atoms with van der Waals surface area (Å²) in [5, 5.41) is 9.27. The number of nitrogens with zero attached hydrogens (tertiary/aromatic N) is 3. The molecular formula is C17H23Br2N3O4S. The van der Waals surface area contributed by atoms with Gasteiger partial charge < -0.3 is 14.4 Å². The van der Waals surface area contributed by atoms with Gasteiger partial charge in [0.25, 0.3) is 0 Å². The molecule has 0 N–H and O–H groups in total. The van der Waals surface area contributed by atoms with E-state index in [1.807, 2.05) is 6.92 Å². The SMILES string of the molecule is COCCOCCN([C@@H]1CC(C)N(C#N)C1)S(=O)(=O)c1cc(Br)ccc1Br. The maximum absolute atomic E-state index is 13.4. The molecule has 1 fully saturated rings. The lowest BCUT2D eigenvalue weighted by atomic mass is 10.2. The number of rotatable bonds is 9. The molecule has 0 amide bonds. The van der Waals surface area contributed by atoms with E-state index in [4.69, 9.17) is 9.47 Å². The fourth-order valence-electron chi connectivity index (χ4n) is 3.05. The van der Waals surface area contributed by atoms with Crippen LogP contribution in [0.2, 0.25) is 0 Å². The Kier molecular flexibility index (Phi) is 8.52. The van der Waals surface area contributed by atoms with Crippen molar-refractivity contribution in [2.75, 3.05) is 40.0 Å². The Morgan fingerprint density at radius 3 is 2.70 bits per heavy atom. The molecule has 1 aromatic carbocycles. The first kappa shape index (κ1) is 22.6. The molecule has 1 aliphatic rings. The summed E-state index contributed by atoms with van der Waals surface area (Å²) >= 11 is 6.68. The second-order valence-electron chi connectivity index (χ2n) is 6.29. The normalized spacial score (nSPS) is 20.2. The molecule has 7 nitrogen and oxygen atoms in total. The summed E-state index contributed by atoms with van der Waals surface area (Å²) in [4.78, 5) is 1.81. The standard InChI is InChI=1S/C17H23Br2N3O4S/c1-13-9-15(11-21(13)12-20)22(5-6-26-8-7-25-2)27(23,24)17-10-14(18)3-4-16(17)19/h3-4,10,13,15H,5-9,11H2,1-2H3/t13?,15-/m1/s1. The summed E-state index contributed by atoms with van der Waals surface area (Å²) in [6.45, 7) is 3.62. The highest BCUT2D eigenvalue weighted by atomic mass is 79.9. The van der Waals surface area contributed by atoms with Gasteiger partial charge in [0.15, 0.2) is 6.19 Å². The zero-order valence-corrected chi connectivity index (χ0v) is 19.3. The van der Waals surface area contributed by atoms with Gasteiger partial charge in [0.1, 0.15) is 0 Å².